The fraction of sp³-hybridized carbons (Fsp3) is 0.231. The van der Waals surface area contributed by atoms with Crippen molar-refractivity contribution in [1.29, 1.82) is 0 Å². The lowest BCUT2D eigenvalue weighted by Crippen LogP contribution is -2.28. The first-order chi connectivity index (χ1) is 9.06. The van der Waals surface area contributed by atoms with Crippen LogP contribution in [-0.4, -0.2) is 15.8 Å². The molecule has 0 saturated heterocycles. The van der Waals surface area contributed by atoms with Crippen LogP contribution in [0.5, 0.6) is 0 Å². The van der Waals surface area contributed by atoms with Crippen LogP contribution in [-0.2, 0) is 13.6 Å². The number of anilines is 1. The number of carbonyl (C=O) groups excluding carboxylic acids is 1. The van der Waals surface area contributed by atoms with Gasteiger partial charge in [0.1, 0.15) is 0 Å². The summed E-state index contributed by atoms with van der Waals surface area (Å²) in [7, 11) is 1.82. The van der Waals surface area contributed by atoms with Gasteiger partial charge in [-0.1, -0.05) is 29.8 Å². The number of rotatable bonds is 3. The van der Waals surface area contributed by atoms with Crippen molar-refractivity contribution in [2.24, 2.45) is 7.05 Å². The number of hydrogen-bond donors (Lipinski definition) is 2. The maximum absolute atomic E-state index is 11.7. The van der Waals surface area contributed by atoms with Gasteiger partial charge in [-0.15, -0.1) is 0 Å². The summed E-state index contributed by atoms with van der Waals surface area (Å²) in [5.41, 5.74) is 1.85. The molecule has 6 heteroatoms. The van der Waals surface area contributed by atoms with E-state index >= 15 is 0 Å². The number of hydrogen-bond acceptors (Lipinski definition) is 2. The van der Waals surface area contributed by atoms with Crippen molar-refractivity contribution < 1.29 is 4.79 Å². The zero-order valence-corrected chi connectivity index (χ0v) is 11.5. The molecule has 2 rings (SSSR count). The van der Waals surface area contributed by atoms with Crippen molar-refractivity contribution in [3.05, 3.63) is 46.6 Å². The zero-order chi connectivity index (χ0) is 13.8. The van der Waals surface area contributed by atoms with E-state index in [9.17, 15) is 4.79 Å². The molecule has 1 aromatic carbocycles. The Labute approximate surface area is 116 Å². The monoisotopic (exact) mass is 278 g/mol. The van der Waals surface area contributed by atoms with Crippen molar-refractivity contribution in [1.82, 2.24) is 15.1 Å². The average molecular weight is 279 g/mol. The number of halogens is 1. The molecule has 2 amide bonds. The van der Waals surface area contributed by atoms with Gasteiger partial charge in [0.15, 0.2) is 5.82 Å². The maximum atomic E-state index is 11.7. The summed E-state index contributed by atoms with van der Waals surface area (Å²) in [6.07, 6.45) is 0. The van der Waals surface area contributed by atoms with Gasteiger partial charge in [0.25, 0.3) is 0 Å². The molecule has 0 atom stereocenters. The maximum Gasteiger partial charge on any atom is 0.320 e. The van der Waals surface area contributed by atoms with Gasteiger partial charge in [-0.3, -0.25) is 10.00 Å². The molecule has 100 valence electrons. The Morgan fingerprint density at radius 2 is 2.16 bits per heavy atom. The van der Waals surface area contributed by atoms with E-state index in [0.29, 0.717) is 17.4 Å². The first-order valence-electron chi connectivity index (χ1n) is 5.85. The predicted molar refractivity (Wildman–Crippen MR) is 75.3 cm³/mol. The van der Waals surface area contributed by atoms with Crippen molar-refractivity contribution in [2.75, 3.05) is 5.32 Å². The Kier molecular flexibility index (Phi) is 4.06. The van der Waals surface area contributed by atoms with E-state index in [-0.39, 0.29) is 6.03 Å². The van der Waals surface area contributed by atoms with Crippen molar-refractivity contribution in [3.8, 4) is 0 Å². The highest BCUT2D eigenvalue weighted by Gasteiger charge is 2.06. The third-order valence-corrected chi connectivity index (χ3v) is 3.12. The molecule has 0 aliphatic rings. The molecule has 0 spiro atoms. The number of aromatic nitrogens is 2. The minimum atomic E-state index is -0.307. The highest BCUT2D eigenvalue weighted by atomic mass is 35.5. The van der Waals surface area contributed by atoms with E-state index in [0.717, 1.165) is 11.3 Å². The van der Waals surface area contributed by atoms with Crippen LogP contribution in [0.2, 0.25) is 5.02 Å². The normalized spacial score (nSPS) is 10.3. The fourth-order valence-corrected chi connectivity index (χ4v) is 1.80. The molecule has 0 radical (unpaired) electrons. The van der Waals surface area contributed by atoms with Crippen LogP contribution in [0.25, 0.3) is 0 Å². The highest BCUT2D eigenvalue weighted by molar-refractivity contribution is 6.31. The van der Waals surface area contributed by atoms with Crippen LogP contribution in [0.1, 0.15) is 11.3 Å². The second-order valence-electron chi connectivity index (χ2n) is 4.19. The van der Waals surface area contributed by atoms with Gasteiger partial charge in [-0.05, 0) is 18.6 Å². The van der Waals surface area contributed by atoms with Gasteiger partial charge < -0.3 is 5.32 Å². The Morgan fingerprint density at radius 3 is 2.79 bits per heavy atom. The van der Waals surface area contributed by atoms with Crippen LogP contribution < -0.4 is 10.6 Å². The summed E-state index contributed by atoms with van der Waals surface area (Å²) in [5.74, 6) is 0.525. The lowest BCUT2D eigenvalue weighted by Gasteiger charge is -2.06. The molecular formula is C13H15ClN4O. The molecule has 0 fully saturated rings. The Hall–Kier alpha value is -2.01. The predicted octanol–water partition coefficient (Wildman–Crippen LogP) is 2.70. The first-order valence-corrected chi connectivity index (χ1v) is 6.23. The zero-order valence-electron chi connectivity index (χ0n) is 10.8. The molecule has 0 aliphatic heterocycles. The van der Waals surface area contributed by atoms with Gasteiger partial charge >= 0.3 is 6.03 Å². The largest absolute Gasteiger partial charge is 0.334 e. The fourth-order valence-electron chi connectivity index (χ4n) is 1.60. The van der Waals surface area contributed by atoms with Crippen molar-refractivity contribution >= 4 is 23.4 Å². The van der Waals surface area contributed by atoms with Crippen molar-refractivity contribution in [2.45, 2.75) is 13.5 Å². The third kappa shape index (κ3) is 3.48. The molecule has 0 aliphatic carbocycles. The highest BCUT2D eigenvalue weighted by Crippen LogP contribution is 2.14. The molecule has 1 heterocycles. The summed E-state index contributed by atoms with van der Waals surface area (Å²) in [4.78, 5) is 11.7. The quantitative estimate of drug-likeness (QED) is 0.907. The lowest BCUT2D eigenvalue weighted by atomic mass is 10.2. The summed E-state index contributed by atoms with van der Waals surface area (Å²) >= 11 is 6.00. The van der Waals surface area contributed by atoms with Crippen LogP contribution in [0.15, 0.2) is 30.3 Å². The Morgan fingerprint density at radius 1 is 1.42 bits per heavy atom. The standard InChI is InChI=1S/C13H15ClN4O/c1-9-7-12(17-18(9)2)16-13(19)15-8-10-5-3-4-6-11(10)14/h3-7H,8H2,1-2H3,(H2,15,16,17,19). The summed E-state index contributed by atoms with van der Waals surface area (Å²) in [5, 5.41) is 10.2. The van der Waals surface area contributed by atoms with E-state index in [1.807, 2.05) is 32.2 Å². The van der Waals surface area contributed by atoms with Gasteiger partial charge in [0.2, 0.25) is 0 Å². The second kappa shape index (κ2) is 5.75. The molecule has 2 N–H and O–H groups in total. The molecule has 0 bridgehead atoms. The molecule has 1 aromatic heterocycles. The van der Waals surface area contributed by atoms with Gasteiger partial charge in [-0.25, -0.2) is 4.79 Å². The van der Waals surface area contributed by atoms with Gasteiger partial charge in [-0.2, -0.15) is 5.10 Å². The number of aryl methyl sites for hydroxylation is 2. The smallest absolute Gasteiger partial charge is 0.320 e. The molecule has 0 saturated carbocycles. The van der Waals surface area contributed by atoms with Crippen LogP contribution in [0, 0.1) is 6.92 Å². The molecule has 5 nitrogen and oxygen atoms in total. The minimum Gasteiger partial charge on any atom is -0.334 e. The van der Waals surface area contributed by atoms with E-state index in [1.54, 1.807) is 16.8 Å². The number of nitrogens with one attached hydrogen (secondary N) is 2. The summed E-state index contributed by atoms with van der Waals surface area (Å²) in [6.45, 7) is 2.29. The van der Waals surface area contributed by atoms with E-state index < -0.39 is 0 Å². The van der Waals surface area contributed by atoms with E-state index in [1.165, 1.54) is 0 Å². The number of urea groups is 1. The van der Waals surface area contributed by atoms with Crippen LogP contribution in [0.3, 0.4) is 0 Å². The number of amides is 2. The number of carbonyl (C=O) groups is 1. The van der Waals surface area contributed by atoms with Crippen LogP contribution in [0.4, 0.5) is 10.6 Å². The summed E-state index contributed by atoms with van der Waals surface area (Å²) in [6, 6.07) is 8.88. The Balaban J connectivity index is 1.90. The molecular weight excluding hydrogens is 264 g/mol. The SMILES string of the molecule is Cc1cc(NC(=O)NCc2ccccc2Cl)nn1C. The minimum absolute atomic E-state index is 0.307. The molecule has 19 heavy (non-hydrogen) atoms. The summed E-state index contributed by atoms with van der Waals surface area (Å²) < 4.78 is 1.70. The third-order valence-electron chi connectivity index (χ3n) is 2.75. The average Bonchev–Trinajstić information content (AvgIpc) is 2.67. The topological polar surface area (TPSA) is 59.0 Å². The number of nitrogens with zero attached hydrogens (tertiary/aromatic N) is 2. The van der Waals surface area contributed by atoms with Crippen LogP contribution >= 0.6 is 11.6 Å². The van der Waals surface area contributed by atoms with Gasteiger partial charge in [0.05, 0.1) is 0 Å². The van der Waals surface area contributed by atoms with E-state index in [4.69, 9.17) is 11.6 Å². The second-order valence-corrected chi connectivity index (χ2v) is 4.60. The Bertz CT molecular complexity index is 575. The molecule has 0 unspecified atom stereocenters. The first kappa shape index (κ1) is 13.4. The van der Waals surface area contributed by atoms with Gasteiger partial charge in [0, 0.05) is 30.4 Å². The van der Waals surface area contributed by atoms with E-state index in [2.05, 4.69) is 15.7 Å². The molecule has 2 aromatic rings. The van der Waals surface area contributed by atoms with Crippen molar-refractivity contribution in [3.63, 3.8) is 0 Å². The lowest BCUT2D eigenvalue weighted by molar-refractivity contribution is 0.251. The number of benzene rings is 1.